The molecule has 0 N–H and O–H groups in total. The fourth-order valence-electron chi connectivity index (χ4n) is 4.81. The van der Waals surface area contributed by atoms with Gasteiger partial charge in [0.25, 0.3) is 5.91 Å². The van der Waals surface area contributed by atoms with Crippen molar-refractivity contribution in [2.24, 2.45) is 0 Å². The van der Waals surface area contributed by atoms with E-state index in [1.54, 1.807) is 4.90 Å². The molecule has 2 amide bonds. The van der Waals surface area contributed by atoms with Crippen molar-refractivity contribution in [1.82, 2.24) is 14.4 Å². The maximum absolute atomic E-state index is 13.9. The molecule has 1 heterocycles. The summed E-state index contributed by atoms with van der Waals surface area (Å²) in [6, 6.07) is 30.3. The monoisotopic (exact) mass is 505 g/mol. The van der Waals surface area contributed by atoms with Crippen molar-refractivity contribution >= 4 is 11.8 Å². The largest absolute Gasteiger partial charge is 0.345 e. The third-order valence-electron chi connectivity index (χ3n) is 7.30. The van der Waals surface area contributed by atoms with E-state index in [0.29, 0.717) is 18.7 Å². The minimum atomic E-state index is -0.0663. The summed E-state index contributed by atoms with van der Waals surface area (Å²) in [6.07, 6.45) is 3.97. The molecule has 1 fully saturated rings. The number of rotatable bonds is 10. The lowest BCUT2D eigenvalue weighted by atomic mass is 10.1. The Morgan fingerprint density at radius 2 is 1.53 bits per heavy atom. The zero-order valence-corrected chi connectivity index (χ0v) is 22.2. The molecule has 0 spiro atoms. The Morgan fingerprint density at radius 1 is 0.816 bits per heavy atom. The van der Waals surface area contributed by atoms with Gasteiger partial charge in [0.15, 0.2) is 0 Å². The van der Waals surface area contributed by atoms with Gasteiger partial charge in [-0.25, -0.2) is 0 Å². The second-order valence-electron chi connectivity index (χ2n) is 10.3. The number of aryl methyl sites for hydroxylation is 2. The number of carbonyl (C=O) groups is 2. The first-order valence-corrected chi connectivity index (χ1v) is 13.4. The molecule has 0 atom stereocenters. The quantitative estimate of drug-likeness (QED) is 0.266. The van der Waals surface area contributed by atoms with Crippen molar-refractivity contribution in [1.29, 1.82) is 0 Å². The van der Waals surface area contributed by atoms with Crippen molar-refractivity contribution < 1.29 is 9.59 Å². The number of amides is 2. The number of carbonyl (C=O) groups excluding carboxylic acids is 2. The van der Waals surface area contributed by atoms with Crippen LogP contribution in [0.3, 0.4) is 0 Å². The Hall–Kier alpha value is -4.12. The molecule has 1 saturated carbocycles. The van der Waals surface area contributed by atoms with Crippen LogP contribution in [0.4, 0.5) is 0 Å². The van der Waals surface area contributed by atoms with E-state index in [9.17, 15) is 9.59 Å². The van der Waals surface area contributed by atoms with E-state index in [2.05, 4.69) is 48.0 Å². The molecular formula is C33H35N3O2. The fraction of sp³-hybridized carbons (Fsp3) is 0.273. The first-order valence-electron chi connectivity index (χ1n) is 13.4. The highest BCUT2D eigenvalue weighted by Crippen LogP contribution is 2.29. The van der Waals surface area contributed by atoms with Gasteiger partial charge in [-0.1, -0.05) is 72.3 Å². The van der Waals surface area contributed by atoms with E-state index in [4.69, 9.17) is 0 Å². The predicted octanol–water partition coefficient (Wildman–Crippen LogP) is 5.99. The van der Waals surface area contributed by atoms with Crippen molar-refractivity contribution in [3.63, 3.8) is 0 Å². The van der Waals surface area contributed by atoms with Gasteiger partial charge in [0.2, 0.25) is 5.91 Å². The summed E-state index contributed by atoms with van der Waals surface area (Å²) < 4.78 is 2.21. The number of hydrogen-bond acceptors (Lipinski definition) is 2. The van der Waals surface area contributed by atoms with Crippen LogP contribution in [0, 0.1) is 13.8 Å². The van der Waals surface area contributed by atoms with Crippen LogP contribution >= 0.6 is 0 Å². The summed E-state index contributed by atoms with van der Waals surface area (Å²) in [4.78, 5) is 30.9. The van der Waals surface area contributed by atoms with Crippen LogP contribution in [0.1, 0.15) is 51.1 Å². The molecule has 4 aromatic rings. The summed E-state index contributed by atoms with van der Waals surface area (Å²) in [7, 11) is 0. The van der Waals surface area contributed by atoms with E-state index in [1.165, 1.54) is 11.1 Å². The van der Waals surface area contributed by atoms with E-state index >= 15 is 0 Å². The molecular weight excluding hydrogens is 470 g/mol. The second-order valence-corrected chi connectivity index (χ2v) is 10.3. The topological polar surface area (TPSA) is 45.6 Å². The van der Waals surface area contributed by atoms with Crippen molar-refractivity contribution in [3.05, 3.63) is 131 Å². The molecule has 1 aliphatic carbocycles. The Bertz CT molecular complexity index is 1390. The van der Waals surface area contributed by atoms with E-state index in [0.717, 1.165) is 36.2 Å². The minimum Gasteiger partial charge on any atom is -0.345 e. The SMILES string of the molecule is Cc1ccc(C(=O)N(CC(=O)N(Cc2ccccc2)Cc2cccn2Cc2ccccc2C)C2CC2)cc1. The van der Waals surface area contributed by atoms with Crippen molar-refractivity contribution in [3.8, 4) is 0 Å². The van der Waals surface area contributed by atoms with Crippen molar-refractivity contribution in [2.45, 2.75) is 52.4 Å². The Morgan fingerprint density at radius 3 is 2.24 bits per heavy atom. The maximum Gasteiger partial charge on any atom is 0.254 e. The average Bonchev–Trinajstić information content (AvgIpc) is 3.68. The molecule has 5 rings (SSSR count). The highest BCUT2D eigenvalue weighted by molar-refractivity contribution is 5.97. The zero-order valence-electron chi connectivity index (χ0n) is 22.2. The van der Waals surface area contributed by atoms with Crippen molar-refractivity contribution in [2.75, 3.05) is 6.54 Å². The maximum atomic E-state index is 13.9. The van der Waals surface area contributed by atoms with Crippen LogP contribution in [-0.2, 0) is 24.4 Å². The first-order chi connectivity index (χ1) is 18.5. The lowest BCUT2D eigenvalue weighted by Crippen LogP contribution is -2.43. The van der Waals surface area contributed by atoms with E-state index in [1.807, 2.05) is 72.5 Å². The Kier molecular flexibility index (Phi) is 7.73. The van der Waals surface area contributed by atoms with E-state index < -0.39 is 0 Å². The molecule has 1 aromatic heterocycles. The van der Waals surface area contributed by atoms with Crippen LogP contribution in [-0.4, -0.2) is 38.8 Å². The molecule has 194 valence electrons. The Labute approximate surface area is 225 Å². The standard InChI is InChI=1S/C33H35N3O2/c1-25-14-16-28(17-15-25)33(38)36(30-18-19-30)24-32(37)35(21-27-10-4-3-5-11-27)23-31-13-8-20-34(31)22-29-12-7-6-9-26(29)2/h3-17,20,30H,18-19,21-24H2,1-2H3. The van der Waals surface area contributed by atoms with Crippen LogP contribution < -0.4 is 0 Å². The van der Waals surface area contributed by atoms with Gasteiger partial charge in [0, 0.05) is 36.6 Å². The summed E-state index contributed by atoms with van der Waals surface area (Å²) in [5.74, 6) is -0.103. The number of benzene rings is 3. The predicted molar refractivity (Wildman–Crippen MR) is 151 cm³/mol. The molecule has 0 aliphatic heterocycles. The van der Waals surface area contributed by atoms with Crippen LogP contribution in [0.25, 0.3) is 0 Å². The molecule has 0 unspecified atom stereocenters. The normalized spacial score (nSPS) is 12.8. The fourth-order valence-corrected chi connectivity index (χ4v) is 4.81. The molecule has 0 saturated heterocycles. The number of nitrogens with zero attached hydrogens (tertiary/aromatic N) is 3. The summed E-state index contributed by atoms with van der Waals surface area (Å²) in [5.41, 5.74) is 6.39. The third-order valence-corrected chi connectivity index (χ3v) is 7.30. The summed E-state index contributed by atoms with van der Waals surface area (Å²) >= 11 is 0. The van der Waals surface area contributed by atoms with Gasteiger partial charge in [-0.3, -0.25) is 9.59 Å². The summed E-state index contributed by atoms with van der Waals surface area (Å²) in [5, 5.41) is 0. The third kappa shape index (κ3) is 6.23. The second kappa shape index (κ2) is 11.5. The smallest absolute Gasteiger partial charge is 0.254 e. The molecule has 5 nitrogen and oxygen atoms in total. The molecule has 0 radical (unpaired) electrons. The van der Waals surface area contributed by atoms with Gasteiger partial charge in [-0.05, 0) is 67.6 Å². The molecule has 38 heavy (non-hydrogen) atoms. The van der Waals surface area contributed by atoms with Crippen LogP contribution in [0.5, 0.6) is 0 Å². The molecule has 1 aliphatic rings. The van der Waals surface area contributed by atoms with E-state index in [-0.39, 0.29) is 24.4 Å². The highest BCUT2D eigenvalue weighted by Gasteiger charge is 2.35. The summed E-state index contributed by atoms with van der Waals surface area (Å²) in [6.45, 7) is 5.94. The molecule has 0 bridgehead atoms. The first kappa shape index (κ1) is 25.5. The number of hydrogen-bond donors (Lipinski definition) is 0. The lowest BCUT2D eigenvalue weighted by molar-refractivity contribution is -0.133. The zero-order chi connectivity index (χ0) is 26.5. The van der Waals surface area contributed by atoms with Gasteiger partial charge >= 0.3 is 0 Å². The van der Waals surface area contributed by atoms with Gasteiger partial charge in [-0.15, -0.1) is 0 Å². The lowest BCUT2D eigenvalue weighted by Gasteiger charge is -2.28. The van der Waals surface area contributed by atoms with Gasteiger partial charge in [0.05, 0.1) is 6.54 Å². The highest BCUT2D eigenvalue weighted by atomic mass is 16.2. The Balaban J connectivity index is 1.37. The average molecular weight is 506 g/mol. The molecule has 3 aromatic carbocycles. The van der Waals surface area contributed by atoms with Gasteiger partial charge < -0.3 is 14.4 Å². The van der Waals surface area contributed by atoms with Crippen LogP contribution in [0.2, 0.25) is 0 Å². The minimum absolute atomic E-state index is 0.0372. The van der Waals surface area contributed by atoms with Gasteiger partial charge in [0.1, 0.15) is 6.54 Å². The molecule has 5 heteroatoms. The van der Waals surface area contributed by atoms with Gasteiger partial charge in [-0.2, -0.15) is 0 Å². The number of aromatic nitrogens is 1. The van der Waals surface area contributed by atoms with Crippen LogP contribution in [0.15, 0.2) is 97.2 Å².